The van der Waals surface area contributed by atoms with Gasteiger partial charge in [0.05, 0.1) is 11.5 Å². The van der Waals surface area contributed by atoms with Gasteiger partial charge in [0, 0.05) is 44.3 Å². The summed E-state index contributed by atoms with van der Waals surface area (Å²) in [5.41, 5.74) is 3.20. The molecular weight excluding hydrogens is 430 g/mol. The highest BCUT2D eigenvalue weighted by molar-refractivity contribution is 6.06. The number of nitrogens with zero attached hydrogens (tertiary/aromatic N) is 4. The Morgan fingerprint density at radius 3 is 2.76 bits per heavy atom. The number of pyridine rings is 1. The number of unbranched alkanes of at least 4 members (excludes halogenated alkanes) is 1. The fraction of sp³-hybridized carbons (Fsp3) is 0.346. The summed E-state index contributed by atoms with van der Waals surface area (Å²) in [7, 11) is 1.75. The van der Waals surface area contributed by atoms with Gasteiger partial charge in [-0.25, -0.2) is 4.98 Å². The minimum absolute atomic E-state index is 0.172. The number of aromatic nitrogens is 3. The summed E-state index contributed by atoms with van der Waals surface area (Å²) in [6.45, 7) is 4.54. The van der Waals surface area contributed by atoms with Gasteiger partial charge < -0.3 is 19.5 Å². The van der Waals surface area contributed by atoms with Crippen molar-refractivity contribution in [2.45, 2.75) is 38.8 Å². The molecule has 176 valence electrons. The largest absolute Gasteiger partial charge is 0.380 e. The van der Waals surface area contributed by atoms with Crippen LogP contribution in [0.4, 0.5) is 11.4 Å². The predicted molar refractivity (Wildman–Crippen MR) is 134 cm³/mol. The first-order valence-electron chi connectivity index (χ1n) is 11.8. The van der Waals surface area contributed by atoms with Crippen molar-refractivity contribution >= 4 is 34.0 Å². The SMILES string of the molecule is CCCCn1c(C(=O)Nc2ccc(N3CCC(OC)C3)cc2)cc2c(=O)n3ccccc3nc21. The van der Waals surface area contributed by atoms with E-state index in [1.165, 1.54) is 4.40 Å². The summed E-state index contributed by atoms with van der Waals surface area (Å²) in [4.78, 5) is 33.4. The van der Waals surface area contributed by atoms with Gasteiger partial charge in [-0.3, -0.25) is 14.0 Å². The number of rotatable bonds is 7. The molecule has 0 radical (unpaired) electrons. The van der Waals surface area contributed by atoms with Crippen molar-refractivity contribution in [3.63, 3.8) is 0 Å². The van der Waals surface area contributed by atoms with Crippen LogP contribution in [0.3, 0.4) is 0 Å². The molecule has 3 aromatic heterocycles. The van der Waals surface area contributed by atoms with Crippen LogP contribution >= 0.6 is 0 Å². The Labute approximate surface area is 197 Å². The maximum absolute atomic E-state index is 13.3. The number of amides is 1. The summed E-state index contributed by atoms with van der Waals surface area (Å²) in [6, 6.07) is 15.0. The van der Waals surface area contributed by atoms with E-state index in [-0.39, 0.29) is 17.6 Å². The van der Waals surface area contributed by atoms with Crippen molar-refractivity contribution in [2.24, 2.45) is 0 Å². The number of methoxy groups -OCH3 is 1. The summed E-state index contributed by atoms with van der Waals surface area (Å²) in [6.07, 6.45) is 4.82. The third-order valence-corrected chi connectivity index (χ3v) is 6.51. The van der Waals surface area contributed by atoms with Crippen molar-refractivity contribution < 1.29 is 9.53 Å². The van der Waals surface area contributed by atoms with Gasteiger partial charge in [-0.05, 0) is 55.3 Å². The smallest absolute Gasteiger partial charge is 0.272 e. The van der Waals surface area contributed by atoms with Gasteiger partial charge in [0.2, 0.25) is 0 Å². The lowest BCUT2D eigenvalue weighted by Crippen LogP contribution is -2.22. The van der Waals surface area contributed by atoms with Gasteiger partial charge in [-0.2, -0.15) is 0 Å². The zero-order valence-corrected chi connectivity index (χ0v) is 19.5. The normalized spacial score (nSPS) is 15.9. The van der Waals surface area contributed by atoms with Crippen LogP contribution in [0.1, 0.15) is 36.7 Å². The number of ether oxygens (including phenoxy) is 1. The molecule has 1 aromatic carbocycles. The standard InChI is InChI=1S/C26H29N5O3/c1-3-4-13-30-22(16-21-24(30)28-23-7-5-6-14-31(23)26(21)33)25(32)27-18-8-10-19(11-9-18)29-15-12-20(17-29)34-2/h5-11,14,16,20H,3-4,12-13,15,17H2,1-2H3,(H,27,32). The lowest BCUT2D eigenvalue weighted by molar-refractivity contribution is 0.101. The highest BCUT2D eigenvalue weighted by Gasteiger charge is 2.23. The Morgan fingerprint density at radius 1 is 1.21 bits per heavy atom. The number of nitrogens with one attached hydrogen (secondary N) is 1. The number of benzene rings is 1. The lowest BCUT2D eigenvalue weighted by Gasteiger charge is -2.18. The van der Waals surface area contributed by atoms with Crippen molar-refractivity contribution in [3.05, 3.63) is 70.8 Å². The zero-order chi connectivity index (χ0) is 23.7. The van der Waals surface area contributed by atoms with Crippen molar-refractivity contribution in [3.8, 4) is 0 Å². The molecule has 1 N–H and O–H groups in total. The van der Waals surface area contributed by atoms with E-state index in [1.807, 2.05) is 34.9 Å². The topological polar surface area (TPSA) is 80.9 Å². The van der Waals surface area contributed by atoms with Crippen LogP contribution in [0.5, 0.6) is 0 Å². The first-order valence-corrected chi connectivity index (χ1v) is 11.8. The third-order valence-electron chi connectivity index (χ3n) is 6.51. The summed E-state index contributed by atoms with van der Waals surface area (Å²) in [5.74, 6) is -0.254. The molecule has 8 heteroatoms. The van der Waals surface area contributed by atoms with Gasteiger partial charge >= 0.3 is 0 Å². The van der Waals surface area contributed by atoms with Crippen molar-refractivity contribution in [1.29, 1.82) is 0 Å². The van der Waals surface area contributed by atoms with E-state index in [1.54, 1.807) is 31.5 Å². The van der Waals surface area contributed by atoms with Crippen LogP contribution in [0.2, 0.25) is 0 Å². The van der Waals surface area contributed by atoms with Crippen LogP contribution in [0.15, 0.2) is 59.5 Å². The molecule has 1 unspecified atom stereocenters. The van der Waals surface area contributed by atoms with E-state index in [2.05, 4.69) is 17.1 Å². The van der Waals surface area contributed by atoms with Crippen molar-refractivity contribution in [1.82, 2.24) is 14.0 Å². The molecule has 4 heterocycles. The van der Waals surface area contributed by atoms with Gasteiger partial charge in [0.1, 0.15) is 17.0 Å². The Bertz CT molecular complexity index is 1390. The molecule has 1 amide bonds. The molecule has 34 heavy (non-hydrogen) atoms. The van der Waals surface area contributed by atoms with Gasteiger partial charge in [-0.15, -0.1) is 0 Å². The molecule has 1 saturated heterocycles. The van der Waals surface area contributed by atoms with Crippen LogP contribution in [0, 0.1) is 0 Å². The predicted octanol–water partition coefficient (Wildman–Crippen LogP) is 3.93. The summed E-state index contributed by atoms with van der Waals surface area (Å²) < 4.78 is 8.84. The fourth-order valence-corrected chi connectivity index (χ4v) is 4.59. The van der Waals surface area contributed by atoms with E-state index in [9.17, 15) is 9.59 Å². The quantitative estimate of drug-likeness (QED) is 0.453. The fourth-order valence-electron chi connectivity index (χ4n) is 4.59. The Morgan fingerprint density at radius 2 is 2.03 bits per heavy atom. The van der Waals surface area contributed by atoms with E-state index < -0.39 is 0 Å². The van der Waals surface area contributed by atoms with E-state index in [0.717, 1.165) is 38.0 Å². The molecule has 0 saturated carbocycles. The molecule has 8 nitrogen and oxygen atoms in total. The minimum atomic E-state index is -0.254. The van der Waals surface area contributed by atoms with E-state index in [4.69, 9.17) is 9.72 Å². The second-order valence-electron chi connectivity index (χ2n) is 8.71. The molecule has 1 atom stereocenters. The molecule has 0 aliphatic carbocycles. The Balaban J connectivity index is 1.45. The number of hydrogen-bond donors (Lipinski definition) is 1. The van der Waals surface area contributed by atoms with Crippen LogP contribution in [-0.4, -0.2) is 46.2 Å². The number of carbonyl (C=O) groups is 1. The molecule has 1 fully saturated rings. The van der Waals surface area contributed by atoms with Crippen molar-refractivity contribution in [2.75, 3.05) is 30.4 Å². The first-order chi connectivity index (χ1) is 16.6. The number of anilines is 2. The Hall–Kier alpha value is -3.65. The van der Waals surface area contributed by atoms with Crippen LogP contribution in [0.25, 0.3) is 16.7 Å². The molecule has 1 aliphatic heterocycles. The highest BCUT2D eigenvalue weighted by atomic mass is 16.5. The Kier molecular flexibility index (Phi) is 6.06. The first kappa shape index (κ1) is 22.2. The number of hydrogen-bond acceptors (Lipinski definition) is 5. The molecule has 1 aliphatic rings. The zero-order valence-electron chi connectivity index (χ0n) is 19.5. The second kappa shape index (κ2) is 9.30. The maximum atomic E-state index is 13.3. The number of carbonyl (C=O) groups excluding carboxylic acids is 1. The summed E-state index contributed by atoms with van der Waals surface area (Å²) in [5, 5.41) is 3.44. The van der Waals surface area contributed by atoms with Crippen LogP contribution < -0.4 is 15.8 Å². The van der Waals surface area contributed by atoms with Gasteiger partial charge in [0.15, 0.2) is 0 Å². The maximum Gasteiger partial charge on any atom is 0.272 e. The average Bonchev–Trinajstić information content (AvgIpc) is 3.49. The average molecular weight is 460 g/mol. The number of aryl methyl sites for hydroxylation is 1. The minimum Gasteiger partial charge on any atom is -0.380 e. The molecule has 5 rings (SSSR count). The molecule has 0 bridgehead atoms. The third kappa shape index (κ3) is 4.05. The lowest BCUT2D eigenvalue weighted by atomic mass is 10.2. The van der Waals surface area contributed by atoms with Gasteiger partial charge in [0.25, 0.3) is 11.5 Å². The molecule has 0 spiro atoms. The number of fused-ring (bicyclic) bond motifs is 2. The monoisotopic (exact) mass is 459 g/mol. The molecule has 4 aromatic rings. The van der Waals surface area contributed by atoms with E-state index >= 15 is 0 Å². The van der Waals surface area contributed by atoms with E-state index in [0.29, 0.717) is 34.6 Å². The molecular formula is C26H29N5O3. The highest BCUT2D eigenvalue weighted by Crippen LogP contribution is 2.24. The second-order valence-corrected chi connectivity index (χ2v) is 8.71. The summed E-state index contributed by atoms with van der Waals surface area (Å²) >= 11 is 0. The van der Waals surface area contributed by atoms with Crippen LogP contribution in [-0.2, 0) is 11.3 Å². The van der Waals surface area contributed by atoms with Gasteiger partial charge in [-0.1, -0.05) is 19.4 Å².